The first kappa shape index (κ1) is 20.3. The number of phenols is 1. The molecule has 2 aromatic carbocycles. The van der Waals surface area contributed by atoms with E-state index >= 15 is 0 Å². The van der Waals surface area contributed by atoms with Crippen LogP contribution < -0.4 is 15.6 Å². The van der Waals surface area contributed by atoms with E-state index in [1.165, 1.54) is 24.3 Å². The molecule has 8 nitrogen and oxygen atoms in total. The lowest BCUT2D eigenvalue weighted by Gasteiger charge is -2.09. The lowest BCUT2D eigenvalue weighted by Crippen LogP contribution is -2.42. The fourth-order valence-electron chi connectivity index (χ4n) is 1.95. The summed E-state index contributed by atoms with van der Waals surface area (Å²) in [5.41, 5.74) is 4.06. The molecule has 0 bridgehead atoms. The highest BCUT2D eigenvalue weighted by Gasteiger charge is 2.17. The van der Waals surface area contributed by atoms with Gasteiger partial charge in [-0.3, -0.25) is 20.4 Å². The molecule has 11 heteroatoms. The molecule has 0 spiro atoms. The molecule has 0 fully saturated rings. The molecule has 0 aliphatic carbocycles. The SMILES string of the molecule is O=C(CCNS(=O)(=O)c1ccc(F)c(F)c1)NNC(=O)c1ccccc1O. The number of benzene rings is 2. The van der Waals surface area contributed by atoms with Crippen molar-refractivity contribution in [2.24, 2.45) is 0 Å². The smallest absolute Gasteiger partial charge is 0.273 e. The Morgan fingerprint density at radius 3 is 2.37 bits per heavy atom. The number of carbonyl (C=O) groups excluding carboxylic acids is 2. The highest BCUT2D eigenvalue weighted by molar-refractivity contribution is 7.89. The van der Waals surface area contributed by atoms with Gasteiger partial charge in [0.2, 0.25) is 15.9 Å². The van der Waals surface area contributed by atoms with Gasteiger partial charge in [0.05, 0.1) is 10.5 Å². The van der Waals surface area contributed by atoms with Gasteiger partial charge in [-0.15, -0.1) is 0 Å². The summed E-state index contributed by atoms with van der Waals surface area (Å²) in [6, 6.07) is 7.74. The molecule has 0 saturated heterocycles. The topological polar surface area (TPSA) is 125 Å². The highest BCUT2D eigenvalue weighted by atomic mass is 32.2. The van der Waals surface area contributed by atoms with Crippen molar-refractivity contribution in [2.75, 3.05) is 6.54 Å². The summed E-state index contributed by atoms with van der Waals surface area (Å²) in [6.07, 6.45) is -0.343. The molecule has 0 atom stereocenters. The van der Waals surface area contributed by atoms with Crippen LogP contribution in [0.2, 0.25) is 0 Å². The number of amides is 2. The summed E-state index contributed by atoms with van der Waals surface area (Å²) in [5, 5.41) is 9.52. The molecule has 27 heavy (non-hydrogen) atoms. The van der Waals surface area contributed by atoms with Crippen LogP contribution in [0.3, 0.4) is 0 Å². The van der Waals surface area contributed by atoms with E-state index in [0.29, 0.717) is 12.1 Å². The maximum absolute atomic E-state index is 13.1. The number of hydrogen-bond acceptors (Lipinski definition) is 5. The Morgan fingerprint density at radius 2 is 1.70 bits per heavy atom. The van der Waals surface area contributed by atoms with Crippen molar-refractivity contribution >= 4 is 21.8 Å². The molecule has 0 unspecified atom stereocenters. The third-order valence-electron chi connectivity index (χ3n) is 3.31. The van der Waals surface area contributed by atoms with Crippen molar-refractivity contribution in [1.82, 2.24) is 15.6 Å². The Labute approximate surface area is 153 Å². The summed E-state index contributed by atoms with van der Waals surface area (Å²) in [6.45, 7) is -0.348. The van der Waals surface area contributed by atoms with Crippen LogP contribution in [0.4, 0.5) is 8.78 Å². The molecule has 2 amide bonds. The van der Waals surface area contributed by atoms with E-state index in [2.05, 4.69) is 15.6 Å². The fraction of sp³-hybridized carbons (Fsp3) is 0.125. The third kappa shape index (κ3) is 5.46. The minimum absolute atomic E-state index is 0.0585. The van der Waals surface area contributed by atoms with Crippen molar-refractivity contribution in [3.05, 3.63) is 59.7 Å². The number of carbonyl (C=O) groups is 2. The lowest BCUT2D eigenvalue weighted by molar-refractivity contribution is -0.121. The summed E-state index contributed by atoms with van der Waals surface area (Å²) in [5.74, 6) is -4.25. The summed E-state index contributed by atoms with van der Waals surface area (Å²) in [4.78, 5) is 22.9. The number of aromatic hydroxyl groups is 1. The minimum Gasteiger partial charge on any atom is -0.507 e. The van der Waals surface area contributed by atoms with Crippen LogP contribution in [0.1, 0.15) is 16.8 Å². The Kier molecular flexibility index (Phi) is 6.42. The first-order chi connectivity index (χ1) is 12.7. The van der Waals surface area contributed by atoms with Crippen LogP contribution in [0.25, 0.3) is 0 Å². The monoisotopic (exact) mass is 399 g/mol. The van der Waals surface area contributed by atoms with Crippen LogP contribution in [0.15, 0.2) is 47.4 Å². The number of hydrazine groups is 1. The standard InChI is InChI=1S/C16H15F2N3O5S/c17-12-6-5-10(9-13(12)18)27(25,26)19-8-7-15(23)20-21-16(24)11-3-1-2-4-14(11)22/h1-6,9,19,22H,7-8H2,(H,20,23)(H,21,24). The van der Waals surface area contributed by atoms with E-state index in [-0.39, 0.29) is 24.3 Å². The van der Waals surface area contributed by atoms with Crippen LogP contribution in [0, 0.1) is 11.6 Å². The Balaban J connectivity index is 1.82. The van der Waals surface area contributed by atoms with Gasteiger partial charge in [0.1, 0.15) is 5.75 Å². The second-order valence-electron chi connectivity index (χ2n) is 5.24. The van der Waals surface area contributed by atoms with Gasteiger partial charge in [0.15, 0.2) is 11.6 Å². The van der Waals surface area contributed by atoms with E-state index in [1.54, 1.807) is 0 Å². The van der Waals surface area contributed by atoms with Gasteiger partial charge in [-0.25, -0.2) is 21.9 Å². The number of rotatable bonds is 6. The number of hydrogen-bond donors (Lipinski definition) is 4. The van der Waals surface area contributed by atoms with E-state index in [1.807, 2.05) is 0 Å². The molecular formula is C16H15F2N3O5S. The predicted octanol–water partition coefficient (Wildman–Crippen LogP) is 0.800. The Bertz CT molecular complexity index is 966. The van der Waals surface area contributed by atoms with Crippen LogP contribution in [-0.4, -0.2) is 31.9 Å². The van der Waals surface area contributed by atoms with E-state index in [4.69, 9.17) is 0 Å². The fourth-order valence-corrected chi connectivity index (χ4v) is 2.99. The first-order valence-corrected chi connectivity index (χ1v) is 9.01. The third-order valence-corrected chi connectivity index (χ3v) is 4.77. The van der Waals surface area contributed by atoms with E-state index in [0.717, 1.165) is 6.07 Å². The zero-order valence-electron chi connectivity index (χ0n) is 13.7. The number of sulfonamides is 1. The number of nitrogens with one attached hydrogen (secondary N) is 3. The van der Waals surface area contributed by atoms with Crippen molar-refractivity contribution in [2.45, 2.75) is 11.3 Å². The van der Waals surface area contributed by atoms with Crippen molar-refractivity contribution in [3.8, 4) is 5.75 Å². The molecule has 0 heterocycles. The van der Waals surface area contributed by atoms with Crippen molar-refractivity contribution in [1.29, 1.82) is 0 Å². The first-order valence-electron chi connectivity index (χ1n) is 7.52. The molecule has 0 aliphatic rings. The van der Waals surface area contributed by atoms with Crippen LogP contribution in [-0.2, 0) is 14.8 Å². The molecule has 2 aromatic rings. The van der Waals surface area contributed by atoms with Gasteiger partial charge < -0.3 is 5.11 Å². The van der Waals surface area contributed by atoms with Gasteiger partial charge >= 0.3 is 0 Å². The molecule has 0 radical (unpaired) electrons. The lowest BCUT2D eigenvalue weighted by atomic mass is 10.2. The normalized spacial score (nSPS) is 11.0. The Morgan fingerprint density at radius 1 is 1.00 bits per heavy atom. The summed E-state index contributed by atoms with van der Waals surface area (Å²) in [7, 11) is -4.13. The molecule has 0 aliphatic heterocycles. The summed E-state index contributed by atoms with van der Waals surface area (Å²) < 4.78 is 51.9. The molecule has 144 valence electrons. The maximum atomic E-state index is 13.1. The highest BCUT2D eigenvalue weighted by Crippen LogP contribution is 2.15. The quantitative estimate of drug-likeness (QED) is 0.535. The zero-order chi connectivity index (χ0) is 20.0. The van der Waals surface area contributed by atoms with Crippen LogP contribution in [0.5, 0.6) is 5.75 Å². The Hall–Kier alpha value is -3.05. The second-order valence-corrected chi connectivity index (χ2v) is 7.01. The zero-order valence-corrected chi connectivity index (χ0v) is 14.5. The average Bonchev–Trinajstić information content (AvgIpc) is 2.62. The van der Waals surface area contributed by atoms with Crippen LogP contribution >= 0.6 is 0 Å². The maximum Gasteiger partial charge on any atom is 0.273 e. The molecular weight excluding hydrogens is 384 g/mol. The average molecular weight is 399 g/mol. The molecule has 0 aromatic heterocycles. The van der Waals surface area contributed by atoms with Gasteiger partial charge in [-0.05, 0) is 30.3 Å². The number of para-hydroxylation sites is 1. The number of halogens is 2. The molecule has 0 saturated carbocycles. The van der Waals surface area contributed by atoms with Crippen molar-refractivity contribution < 1.29 is 31.9 Å². The van der Waals surface area contributed by atoms with E-state index < -0.39 is 38.4 Å². The molecule has 4 N–H and O–H groups in total. The van der Waals surface area contributed by atoms with Crippen molar-refractivity contribution in [3.63, 3.8) is 0 Å². The predicted molar refractivity (Wildman–Crippen MR) is 89.9 cm³/mol. The number of phenolic OH excluding ortho intramolecular Hbond substituents is 1. The van der Waals surface area contributed by atoms with Gasteiger partial charge in [0, 0.05) is 13.0 Å². The molecule has 2 rings (SSSR count). The van der Waals surface area contributed by atoms with Gasteiger partial charge in [-0.2, -0.15) is 0 Å². The van der Waals surface area contributed by atoms with E-state index in [9.17, 15) is 31.9 Å². The second kappa shape index (κ2) is 8.56. The van der Waals surface area contributed by atoms with Gasteiger partial charge in [0.25, 0.3) is 5.91 Å². The minimum atomic E-state index is -4.13. The van der Waals surface area contributed by atoms with Gasteiger partial charge in [-0.1, -0.05) is 12.1 Å². The largest absolute Gasteiger partial charge is 0.507 e. The summed E-state index contributed by atoms with van der Waals surface area (Å²) >= 11 is 0.